The van der Waals surface area contributed by atoms with Gasteiger partial charge in [-0.25, -0.2) is 0 Å². The fraction of sp³-hybridized carbons (Fsp3) is 0.294. The van der Waals surface area contributed by atoms with E-state index < -0.39 is 6.10 Å². The van der Waals surface area contributed by atoms with Crippen molar-refractivity contribution < 1.29 is 14.6 Å². The topological polar surface area (TPSA) is 38.7 Å². The van der Waals surface area contributed by atoms with Crippen molar-refractivity contribution in [3.8, 4) is 11.5 Å². The molecule has 0 aromatic heterocycles. The Balaban J connectivity index is 1.94. The molecule has 0 radical (unpaired) electrons. The second kappa shape index (κ2) is 5.17. The minimum atomic E-state index is -0.469. The minimum absolute atomic E-state index is 0.0761. The molecule has 0 bridgehead atoms. The Morgan fingerprint density at radius 3 is 2.50 bits per heavy atom. The molecule has 104 valence electrons. The van der Waals surface area contributed by atoms with Crippen LogP contribution in [0.2, 0.25) is 0 Å². The quantitative estimate of drug-likeness (QED) is 0.931. The van der Waals surface area contributed by atoms with Gasteiger partial charge >= 0.3 is 0 Å². The lowest BCUT2D eigenvalue weighted by atomic mass is 9.94. The van der Waals surface area contributed by atoms with Gasteiger partial charge in [-0.2, -0.15) is 0 Å². The second-order valence-corrected chi connectivity index (χ2v) is 5.10. The molecule has 0 saturated heterocycles. The van der Waals surface area contributed by atoms with E-state index >= 15 is 0 Å². The molecule has 2 atom stereocenters. The van der Waals surface area contributed by atoms with E-state index in [9.17, 15) is 5.11 Å². The molecule has 0 saturated carbocycles. The molecule has 0 heterocycles. The molecule has 3 nitrogen and oxygen atoms in total. The molecule has 0 amide bonds. The summed E-state index contributed by atoms with van der Waals surface area (Å²) < 4.78 is 10.5. The minimum Gasteiger partial charge on any atom is -0.497 e. The van der Waals surface area contributed by atoms with Crippen LogP contribution in [0.3, 0.4) is 0 Å². The molecule has 0 aliphatic heterocycles. The lowest BCUT2D eigenvalue weighted by Gasteiger charge is -2.16. The van der Waals surface area contributed by atoms with Gasteiger partial charge in [-0.05, 0) is 47.4 Å². The van der Waals surface area contributed by atoms with Gasteiger partial charge in [-0.3, -0.25) is 0 Å². The number of benzene rings is 2. The van der Waals surface area contributed by atoms with E-state index in [0.29, 0.717) is 0 Å². The van der Waals surface area contributed by atoms with Crippen molar-refractivity contribution in [2.75, 3.05) is 14.2 Å². The van der Waals surface area contributed by atoms with Gasteiger partial charge in [0.15, 0.2) is 0 Å². The fourth-order valence-electron chi connectivity index (χ4n) is 2.91. The van der Waals surface area contributed by atoms with E-state index in [1.165, 1.54) is 0 Å². The molecule has 1 aliphatic carbocycles. The lowest BCUT2D eigenvalue weighted by molar-refractivity contribution is 0.158. The van der Waals surface area contributed by atoms with E-state index in [4.69, 9.17) is 9.47 Å². The number of hydrogen-bond donors (Lipinski definition) is 1. The van der Waals surface area contributed by atoms with Gasteiger partial charge in [0.05, 0.1) is 20.3 Å². The first-order valence-corrected chi connectivity index (χ1v) is 6.71. The number of ether oxygens (including phenoxy) is 2. The fourth-order valence-corrected chi connectivity index (χ4v) is 2.91. The standard InChI is InChI=1S/C17H18O3/c1-19-13-5-3-4-11(8-13)16-10-12-9-14(20-2)6-7-15(12)17(16)18/h3-9,16-18H,10H2,1-2H3. The molecule has 2 unspecified atom stereocenters. The molecule has 1 N–H and O–H groups in total. The van der Waals surface area contributed by atoms with E-state index in [2.05, 4.69) is 0 Å². The van der Waals surface area contributed by atoms with Gasteiger partial charge in [0.2, 0.25) is 0 Å². The maximum Gasteiger partial charge on any atom is 0.119 e. The van der Waals surface area contributed by atoms with Gasteiger partial charge in [0, 0.05) is 5.92 Å². The average molecular weight is 270 g/mol. The zero-order valence-corrected chi connectivity index (χ0v) is 11.7. The van der Waals surface area contributed by atoms with E-state index in [0.717, 1.165) is 34.6 Å². The summed E-state index contributed by atoms with van der Waals surface area (Å²) in [5.74, 6) is 1.73. The SMILES string of the molecule is COc1cccc(C2Cc3cc(OC)ccc3C2O)c1. The van der Waals surface area contributed by atoms with Crippen molar-refractivity contribution in [2.24, 2.45) is 0 Å². The van der Waals surface area contributed by atoms with Crippen LogP contribution in [0.5, 0.6) is 11.5 Å². The van der Waals surface area contributed by atoms with Crippen LogP contribution in [-0.4, -0.2) is 19.3 Å². The molecule has 20 heavy (non-hydrogen) atoms. The van der Waals surface area contributed by atoms with Crippen LogP contribution in [0.25, 0.3) is 0 Å². The van der Waals surface area contributed by atoms with Crippen LogP contribution in [0.1, 0.15) is 28.7 Å². The summed E-state index contributed by atoms with van der Waals surface area (Å²) >= 11 is 0. The van der Waals surface area contributed by atoms with Crippen LogP contribution in [0.4, 0.5) is 0 Å². The third kappa shape index (κ3) is 2.14. The monoisotopic (exact) mass is 270 g/mol. The Labute approximate surface area is 118 Å². The summed E-state index contributed by atoms with van der Waals surface area (Å²) in [6.07, 6.45) is 0.351. The Morgan fingerprint density at radius 1 is 1.00 bits per heavy atom. The van der Waals surface area contributed by atoms with Crippen molar-refractivity contribution >= 4 is 0 Å². The first kappa shape index (κ1) is 13.0. The molecular formula is C17H18O3. The van der Waals surface area contributed by atoms with E-state index in [1.807, 2.05) is 42.5 Å². The predicted molar refractivity (Wildman–Crippen MR) is 77.4 cm³/mol. The number of hydrogen-bond acceptors (Lipinski definition) is 3. The third-order valence-electron chi connectivity index (χ3n) is 4.01. The highest BCUT2D eigenvalue weighted by molar-refractivity contribution is 5.45. The molecule has 3 heteroatoms. The van der Waals surface area contributed by atoms with E-state index in [-0.39, 0.29) is 5.92 Å². The van der Waals surface area contributed by atoms with E-state index in [1.54, 1.807) is 14.2 Å². The molecule has 2 aromatic rings. The average Bonchev–Trinajstić information content (AvgIpc) is 2.83. The number of aliphatic hydroxyl groups is 1. The normalized spacial score (nSPS) is 20.6. The van der Waals surface area contributed by atoms with Crippen LogP contribution < -0.4 is 9.47 Å². The first-order chi connectivity index (χ1) is 9.72. The Bertz CT molecular complexity index is 621. The molecule has 0 spiro atoms. The molecule has 3 rings (SSSR count). The zero-order valence-electron chi connectivity index (χ0n) is 11.7. The molecular weight excluding hydrogens is 252 g/mol. The zero-order chi connectivity index (χ0) is 14.1. The highest BCUT2D eigenvalue weighted by Crippen LogP contribution is 2.43. The number of rotatable bonds is 3. The Kier molecular flexibility index (Phi) is 3.36. The van der Waals surface area contributed by atoms with Crippen molar-refractivity contribution in [1.29, 1.82) is 0 Å². The summed E-state index contributed by atoms with van der Waals surface area (Å²) in [4.78, 5) is 0. The van der Waals surface area contributed by atoms with Crippen molar-refractivity contribution in [1.82, 2.24) is 0 Å². The third-order valence-corrected chi connectivity index (χ3v) is 4.01. The Hall–Kier alpha value is -2.00. The summed E-state index contributed by atoms with van der Waals surface area (Å²) in [6, 6.07) is 13.8. The number of fused-ring (bicyclic) bond motifs is 1. The van der Waals surface area contributed by atoms with Gasteiger partial charge < -0.3 is 14.6 Å². The van der Waals surface area contributed by atoms with Crippen molar-refractivity contribution in [3.63, 3.8) is 0 Å². The van der Waals surface area contributed by atoms with Crippen LogP contribution >= 0.6 is 0 Å². The molecule has 0 fully saturated rings. The summed E-state index contributed by atoms with van der Waals surface area (Å²) in [7, 11) is 3.32. The highest BCUT2D eigenvalue weighted by Gasteiger charge is 2.32. The molecule has 2 aromatic carbocycles. The first-order valence-electron chi connectivity index (χ1n) is 6.71. The van der Waals surface area contributed by atoms with Crippen molar-refractivity contribution in [2.45, 2.75) is 18.4 Å². The highest BCUT2D eigenvalue weighted by atomic mass is 16.5. The van der Waals surface area contributed by atoms with Crippen LogP contribution in [0.15, 0.2) is 42.5 Å². The molecule has 1 aliphatic rings. The maximum absolute atomic E-state index is 10.5. The summed E-state index contributed by atoms with van der Waals surface area (Å²) in [5, 5.41) is 10.5. The Morgan fingerprint density at radius 2 is 1.75 bits per heavy atom. The van der Waals surface area contributed by atoms with Gasteiger partial charge in [-0.15, -0.1) is 0 Å². The largest absolute Gasteiger partial charge is 0.497 e. The second-order valence-electron chi connectivity index (χ2n) is 5.10. The number of aliphatic hydroxyl groups excluding tert-OH is 1. The number of methoxy groups -OCH3 is 2. The maximum atomic E-state index is 10.5. The van der Waals surface area contributed by atoms with Crippen LogP contribution in [-0.2, 0) is 6.42 Å². The van der Waals surface area contributed by atoms with Gasteiger partial charge in [-0.1, -0.05) is 18.2 Å². The lowest BCUT2D eigenvalue weighted by Crippen LogP contribution is -2.05. The summed E-state index contributed by atoms with van der Waals surface area (Å²) in [6.45, 7) is 0. The van der Waals surface area contributed by atoms with Gasteiger partial charge in [0.1, 0.15) is 11.5 Å². The smallest absolute Gasteiger partial charge is 0.119 e. The predicted octanol–water partition coefficient (Wildman–Crippen LogP) is 3.08. The van der Waals surface area contributed by atoms with Crippen LogP contribution in [0, 0.1) is 0 Å². The van der Waals surface area contributed by atoms with Crippen molar-refractivity contribution in [3.05, 3.63) is 59.2 Å². The summed E-state index contributed by atoms with van der Waals surface area (Å²) in [5.41, 5.74) is 3.26. The van der Waals surface area contributed by atoms with Gasteiger partial charge in [0.25, 0.3) is 0 Å².